The van der Waals surface area contributed by atoms with Gasteiger partial charge < -0.3 is 9.30 Å². The molecule has 2 heterocycles. The van der Waals surface area contributed by atoms with Crippen LogP contribution in [0.15, 0.2) is 54.6 Å². The van der Waals surface area contributed by atoms with E-state index in [0.717, 1.165) is 28.4 Å². The van der Waals surface area contributed by atoms with Crippen LogP contribution in [-0.2, 0) is 7.05 Å². The lowest BCUT2D eigenvalue weighted by Gasteiger charge is -2.27. The van der Waals surface area contributed by atoms with Crippen LogP contribution in [-0.4, -0.2) is 23.4 Å². The number of hydrogen-bond donors (Lipinski definition) is 0. The van der Waals surface area contributed by atoms with Crippen molar-refractivity contribution in [2.24, 2.45) is 7.05 Å². The number of rotatable bonds is 4. The van der Waals surface area contributed by atoms with Crippen LogP contribution in [0.2, 0.25) is 0 Å². The maximum Gasteiger partial charge on any atom is 0.261 e. The first-order chi connectivity index (χ1) is 13.5. The zero-order chi connectivity index (χ0) is 20.0. The summed E-state index contributed by atoms with van der Waals surface area (Å²) in [6.45, 7) is 3.41. The third-order valence-corrected chi connectivity index (χ3v) is 5.50. The molecule has 3 aromatic rings. The Balaban J connectivity index is 1.98. The lowest BCUT2D eigenvalue weighted by molar-refractivity contribution is 0.0970. The zero-order valence-electron chi connectivity index (χ0n) is 16.4. The average molecular weight is 374 g/mol. The second kappa shape index (κ2) is 6.68. The van der Waals surface area contributed by atoms with Crippen molar-refractivity contribution < 1.29 is 14.3 Å². The second-order valence-electron chi connectivity index (χ2n) is 7.02. The number of para-hydroxylation sites is 1. The first-order valence-electron chi connectivity index (χ1n) is 9.18. The average Bonchev–Trinajstić information content (AvgIpc) is 3.14. The first kappa shape index (κ1) is 18.0. The van der Waals surface area contributed by atoms with Gasteiger partial charge in [0.1, 0.15) is 11.8 Å². The summed E-state index contributed by atoms with van der Waals surface area (Å²) in [6.07, 6.45) is 0. The van der Waals surface area contributed by atoms with Gasteiger partial charge in [0.15, 0.2) is 5.78 Å². The third kappa shape index (κ3) is 2.54. The smallest absolute Gasteiger partial charge is 0.261 e. The standard InChI is InChI=1S/C23H22N2O3/c1-14-19(15(2)26)20-22(24(14)3)21(16-10-12-18(28-4)13-11-16)25(23(20)27)17-8-6-5-7-9-17/h5-13,21H,1-4H3. The molecule has 0 N–H and O–H groups in total. The molecule has 1 amide bonds. The molecule has 4 rings (SSSR count). The molecule has 0 fully saturated rings. The number of ketones is 1. The number of anilines is 1. The number of amides is 1. The predicted octanol–water partition coefficient (Wildman–Crippen LogP) is 4.29. The van der Waals surface area contributed by atoms with Crippen molar-refractivity contribution in [3.63, 3.8) is 0 Å². The van der Waals surface area contributed by atoms with E-state index in [1.54, 1.807) is 12.0 Å². The molecule has 0 spiro atoms. The van der Waals surface area contributed by atoms with Gasteiger partial charge in [-0.05, 0) is 43.7 Å². The molecule has 5 heteroatoms. The molecule has 142 valence electrons. The normalized spacial score (nSPS) is 15.6. The fourth-order valence-electron chi connectivity index (χ4n) is 4.10. The van der Waals surface area contributed by atoms with Gasteiger partial charge in [0.05, 0.1) is 23.9 Å². The lowest BCUT2D eigenvalue weighted by Crippen LogP contribution is -2.30. The van der Waals surface area contributed by atoms with Crippen molar-refractivity contribution in [1.82, 2.24) is 4.57 Å². The Bertz CT molecular complexity index is 1070. The predicted molar refractivity (Wildman–Crippen MR) is 108 cm³/mol. The van der Waals surface area contributed by atoms with Crippen molar-refractivity contribution in [3.05, 3.63) is 82.7 Å². The highest BCUT2D eigenvalue weighted by molar-refractivity contribution is 6.18. The number of nitrogens with zero attached hydrogens (tertiary/aromatic N) is 2. The van der Waals surface area contributed by atoms with Crippen molar-refractivity contribution in [2.45, 2.75) is 19.9 Å². The molecular weight excluding hydrogens is 352 g/mol. The first-order valence-corrected chi connectivity index (χ1v) is 9.18. The van der Waals surface area contributed by atoms with E-state index in [1.807, 2.05) is 73.1 Å². The number of fused-ring (bicyclic) bond motifs is 1. The number of Topliss-reactive ketones (excluding diaryl/α,β-unsaturated/α-hetero) is 1. The van der Waals surface area contributed by atoms with Crippen LogP contribution in [0.25, 0.3) is 0 Å². The van der Waals surface area contributed by atoms with E-state index in [9.17, 15) is 9.59 Å². The Kier molecular flexibility index (Phi) is 4.30. The summed E-state index contributed by atoms with van der Waals surface area (Å²) >= 11 is 0. The summed E-state index contributed by atoms with van der Waals surface area (Å²) in [5.74, 6) is 0.522. The number of methoxy groups -OCH3 is 1. The van der Waals surface area contributed by atoms with Gasteiger partial charge in [-0.15, -0.1) is 0 Å². The van der Waals surface area contributed by atoms with Crippen molar-refractivity contribution >= 4 is 17.4 Å². The van der Waals surface area contributed by atoms with Gasteiger partial charge in [-0.2, -0.15) is 0 Å². The van der Waals surface area contributed by atoms with Gasteiger partial charge in [-0.25, -0.2) is 0 Å². The molecule has 1 aliphatic rings. The van der Waals surface area contributed by atoms with Crippen LogP contribution in [0.1, 0.15) is 50.6 Å². The van der Waals surface area contributed by atoms with E-state index in [2.05, 4.69) is 0 Å². The molecule has 0 radical (unpaired) electrons. The van der Waals surface area contributed by atoms with E-state index in [-0.39, 0.29) is 17.7 Å². The Morgan fingerprint density at radius 3 is 2.25 bits per heavy atom. The number of hydrogen-bond acceptors (Lipinski definition) is 3. The summed E-state index contributed by atoms with van der Waals surface area (Å²) < 4.78 is 7.26. The summed E-state index contributed by atoms with van der Waals surface area (Å²) in [6, 6.07) is 17.0. The minimum absolute atomic E-state index is 0.0916. The second-order valence-corrected chi connectivity index (χ2v) is 7.02. The minimum Gasteiger partial charge on any atom is -0.497 e. The van der Waals surface area contributed by atoms with E-state index >= 15 is 0 Å². The third-order valence-electron chi connectivity index (χ3n) is 5.50. The maximum absolute atomic E-state index is 13.5. The topological polar surface area (TPSA) is 51.5 Å². The van der Waals surface area contributed by atoms with Crippen LogP contribution in [0.3, 0.4) is 0 Å². The molecule has 1 aliphatic heterocycles. The van der Waals surface area contributed by atoms with Gasteiger partial charge in [0.2, 0.25) is 0 Å². The summed E-state index contributed by atoms with van der Waals surface area (Å²) in [4.78, 5) is 27.7. The molecular formula is C23H22N2O3. The summed E-state index contributed by atoms with van der Waals surface area (Å²) in [5, 5.41) is 0. The molecule has 0 bridgehead atoms. The number of aromatic nitrogens is 1. The largest absolute Gasteiger partial charge is 0.497 e. The molecule has 0 aliphatic carbocycles. The van der Waals surface area contributed by atoms with Crippen LogP contribution < -0.4 is 9.64 Å². The highest BCUT2D eigenvalue weighted by Gasteiger charge is 2.44. The fourth-order valence-corrected chi connectivity index (χ4v) is 4.10. The molecule has 5 nitrogen and oxygen atoms in total. The fraction of sp³-hybridized carbons (Fsp3) is 0.217. The van der Waals surface area contributed by atoms with E-state index in [4.69, 9.17) is 4.74 Å². The Morgan fingerprint density at radius 2 is 1.68 bits per heavy atom. The molecule has 1 atom stereocenters. The van der Waals surface area contributed by atoms with Crippen molar-refractivity contribution in [3.8, 4) is 5.75 Å². The Morgan fingerprint density at radius 1 is 1.04 bits per heavy atom. The van der Waals surface area contributed by atoms with Gasteiger partial charge in [-0.3, -0.25) is 14.5 Å². The van der Waals surface area contributed by atoms with Crippen molar-refractivity contribution in [1.29, 1.82) is 0 Å². The lowest BCUT2D eigenvalue weighted by atomic mass is 10.0. The van der Waals surface area contributed by atoms with E-state index in [0.29, 0.717) is 11.1 Å². The minimum atomic E-state index is -0.312. The Labute approximate surface area is 164 Å². The molecule has 0 saturated heterocycles. The van der Waals surface area contributed by atoms with E-state index < -0.39 is 0 Å². The molecule has 28 heavy (non-hydrogen) atoms. The van der Waals surface area contributed by atoms with Gasteiger partial charge >= 0.3 is 0 Å². The van der Waals surface area contributed by atoms with Crippen LogP contribution >= 0.6 is 0 Å². The Hall–Kier alpha value is -3.34. The number of ether oxygens (including phenoxy) is 1. The van der Waals surface area contributed by atoms with E-state index in [1.165, 1.54) is 6.92 Å². The maximum atomic E-state index is 13.5. The number of benzene rings is 2. The number of carbonyl (C=O) groups is 2. The van der Waals surface area contributed by atoms with Crippen molar-refractivity contribution in [2.75, 3.05) is 12.0 Å². The molecule has 1 aromatic heterocycles. The van der Waals surface area contributed by atoms with Crippen LogP contribution in [0.4, 0.5) is 5.69 Å². The highest BCUT2D eigenvalue weighted by Crippen LogP contribution is 2.44. The molecule has 1 unspecified atom stereocenters. The monoisotopic (exact) mass is 374 g/mol. The molecule has 2 aromatic carbocycles. The molecule has 0 saturated carbocycles. The SMILES string of the molecule is COc1ccc(C2c3c(c(C(C)=O)c(C)n3C)C(=O)N2c2ccccc2)cc1. The summed E-state index contributed by atoms with van der Waals surface area (Å²) in [7, 11) is 3.54. The zero-order valence-corrected chi connectivity index (χ0v) is 16.4. The van der Waals surface area contributed by atoms with Crippen LogP contribution in [0, 0.1) is 6.92 Å². The van der Waals surface area contributed by atoms with Crippen LogP contribution in [0.5, 0.6) is 5.75 Å². The van der Waals surface area contributed by atoms with Gasteiger partial charge in [0, 0.05) is 18.4 Å². The highest BCUT2D eigenvalue weighted by atomic mass is 16.5. The van der Waals surface area contributed by atoms with Gasteiger partial charge in [-0.1, -0.05) is 30.3 Å². The quantitative estimate of drug-likeness (QED) is 0.640. The summed E-state index contributed by atoms with van der Waals surface area (Å²) in [5.41, 5.74) is 4.46. The number of carbonyl (C=O) groups excluding carboxylic acids is 2. The van der Waals surface area contributed by atoms with Gasteiger partial charge in [0.25, 0.3) is 5.91 Å².